The molecule has 1 aliphatic heterocycles. The van der Waals surface area contributed by atoms with Crippen LogP contribution < -0.4 is 14.8 Å². The van der Waals surface area contributed by atoms with Gasteiger partial charge in [-0.05, 0) is 75.3 Å². The molecule has 31 heavy (non-hydrogen) atoms. The molecule has 0 atom stereocenters. The number of carbonyl (C=O) groups excluding carboxylic acids is 1. The van der Waals surface area contributed by atoms with E-state index in [1.165, 1.54) is 0 Å². The first kappa shape index (κ1) is 21.6. The van der Waals surface area contributed by atoms with Crippen LogP contribution in [-0.4, -0.2) is 32.0 Å². The van der Waals surface area contributed by atoms with Crippen molar-refractivity contribution in [2.45, 2.75) is 69.3 Å². The summed E-state index contributed by atoms with van der Waals surface area (Å²) in [6.07, 6.45) is 5.04. The third-order valence-electron chi connectivity index (χ3n) is 5.93. The molecule has 2 heterocycles. The van der Waals surface area contributed by atoms with Gasteiger partial charge in [0, 0.05) is 24.0 Å². The average molecular weight is 444 g/mol. The molecular formula is C23H29N3O4S. The molecule has 166 valence electrons. The quantitative estimate of drug-likeness (QED) is 0.681. The van der Waals surface area contributed by atoms with E-state index in [-0.39, 0.29) is 11.0 Å². The number of rotatable bonds is 7. The van der Waals surface area contributed by atoms with Crippen LogP contribution in [0.25, 0.3) is 0 Å². The lowest BCUT2D eigenvalue weighted by Gasteiger charge is -2.23. The number of nitrogens with one attached hydrogen (secondary N) is 2. The van der Waals surface area contributed by atoms with Gasteiger partial charge in [-0.1, -0.05) is 13.0 Å². The number of benzene rings is 1. The molecular weight excluding hydrogens is 414 g/mol. The SMILES string of the molecule is CCc1cnc(OC(C)C)c(C2(C(=O)NS(=O)(=O)c3cccc4c3CCCN4)CC2)c1. The summed E-state index contributed by atoms with van der Waals surface area (Å²) in [4.78, 5) is 17.9. The van der Waals surface area contributed by atoms with Crippen molar-refractivity contribution in [3.05, 3.63) is 47.2 Å². The maximum absolute atomic E-state index is 13.3. The van der Waals surface area contributed by atoms with E-state index in [0.717, 1.165) is 36.2 Å². The van der Waals surface area contributed by atoms with Crippen molar-refractivity contribution < 1.29 is 17.9 Å². The highest BCUT2D eigenvalue weighted by molar-refractivity contribution is 7.90. The van der Waals surface area contributed by atoms with Crippen LogP contribution in [0.3, 0.4) is 0 Å². The molecule has 1 fully saturated rings. The van der Waals surface area contributed by atoms with Crippen LogP contribution in [0.4, 0.5) is 5.69 Å². The van der Waals surface area contributed by atoms with Gasteiger partial charge in [-0.2, -0.15) is 0 Å². The van der Waals surface area contributed by atoms with Gasteiger partial charge in [-0.3, -0.25) is 4.79 Å². The first-order valence-corrected chi connectivity index (χ1v) is 12.3. The standard InChI is InChI=1S/C23H29N3O4S/c1-4-16-13-18(21(25-14-16)30-15(2)3)23(10-11-23)22(27)26-31(28,29)20-9-5-8-19-17(20)7-6-12-24-19/h5,8-9,13-15,24H,4,6-7,10-12H2,1-3H3,(H,26,27). The zero-order valence-corrected chi connectivity index (χ0v) is 19.0. The van der Waals surface area contributed by atoms with Crippen LogP contribution in [0, 0.1) is 0 Å². The molecule has 1 aromatic heterocycles. The minimum atomic E-state index is -4.00. The molecule has 1 aliphatic carbocycles. The summed E-state index contributed by atoms with van der Waals surface area (Å²) < 4.78 is 34.6. The van der Waals surface area contributed by atoms with Crippen LogP contribution in [0.1, 0.15) is 56.7 Å². The van der Waals surface area contributed by atoms with E-state index in [0.29, 0.717) is 30.7 Å². The Morgan fingerprint density at radius 3 is 2.77 bits per heavy atom. The summed E-state index contributed by atoms with van der Waals surface area (Å²) in [6, 6.07) is 7.06. The van der Waals surface area contributed by atoms with Crippen LogP contribution >= 0.6 is 0 Å². The van der Waals surface area contributed by atoms with Gasteiger partial charge in [-0.15, -0.1) is 0 Å². The minimum Gasteiger partial charge on any atom is -0.475 e. The van der Waals surface area contributed by atoms with Crippen molar-refractivity contribution in [3.8, 4) is 5.88 Å². The largest absolute Gasteiger partial charge is 0.475 e. The number of pyridine rings is 1. The Labute approximate surface area is 183 Å². The number of amides is 1. The number of hydrogen-bond acceptors (Lipinski definition) is 6. The van der Waals surface area contributed by atoms with Gasteiger partial charge >= 0.3 is 0 Å². The normalized spacial score (nSPS) is 16.9. The highest BCUT2D eigenvalue weighted by atomic mass is 32.2. The molecule has 1 aromatic carbocycles. The number of hydrogen-bond donors (Lipinski definition) is 2. The Balaban J connectivity index is 1.67. The van der Waals surface area contributed by atoms with Crippen molar-refractivity contribution >= 4 is 21.6 Å². The van der Waals surface area contributed by atoms with Gasteiger partial charge in [0.25, 0.3) is 10.0 Å². The number of nitrogens with zero attached hydrogens (tertiary/aromatic N) is 1. The molecule has 2 N–H and O–H groups in total. The maximum atomic E-state index is 13.3. The van der Waals surface area contributed by atoms with E-state index >= 15 is 0 Å². The second-order valence-corrected chi connectivity index (χ2v) is 10.2. The monoisotopic (exact) mass is 443 g/mol. The van der Waals surface area contributed by atoms with Gasteiger partial charge in [0.15, 0.2) is 0 Å². The number of fused-ring (bicyclic) bond motifs is 1. The Kier molecular flexibility index (Phi) is 5.68. The van der Waals surface area contributed by atoms with Gasteiger partial charge in [0.1, 0.15) is 0 Å². The number of anilines is 1. The number of sulfonamides is 1. The molecule has 7 nitrogen and oxygen atoms in total. The topological polar surface area (TPSA) is 97.4 Å². The van der Waals surface area contributed by atoms with Crippen LogP contribution in [0.2, 0.25) is 0 Å². The predicted octanol–water partition coefficient (Wildman–Crippen LogP) is 3.33. The zero-order chi connectivity index (χ0) is 22.2. The van der Waals surface area contributed by atoms with E-state index in [1.54, 1.807) is 18.3 Å². The summed E-state index contributed by atoms with van der Waals surface area (Å²) in [7, 11) is -4.00. The lowest BCUT2D eigenvalue weighted by Crippen LogP contribution is -2.39. The third kappa shape index (κ3) is 4.13. The molecule has 2 aromatic rings. The summed E-state index contributed by atoms with van der Waals surface area (Å²) in [5, 5.41) is 3.23. The molecule has 4 rings (SSSR count). The Hall–Kier alpha value is -2.61. The van der Waals surface area contributed by atoms with Crippen molar-refractivity contribution in [1.29, 1.82) is 0 Å². The van der Waals surface area contributed by atoms with Gasteiger partial charge in [-0.25, -0.2) is 18.1 Å². The van der Waals surface area contributed by atoms with E-state index in [4.69, 9.17) is 4.74 Å². The van der Waals surface area contributed by atoms with Gasteiger partial charge < -0.3 is 10.1 Å². The average Bonchev–Trinajstić information content (AvgIpc) is 3.55. The minimum absolute atomic E-state index is 0.107. The lowest BCUT2D eigenvalue weighted by atomic mass is 9.94. The zero-order valence-electron chi connectivity index (χ0n) is 18.2. The van der Waals surface area contributed by atoms with E-state index in [9.17, 15) is 13.2 Å². The fourth-order valence-electron chi connectivity index (χ4n) is 4.10. The molecule has 0 unspecified atom stereocenters. The Morgan fingerprint density at radius 1 is 1.32 bits per heavy atom. The van der Waals surface area contributed by atoms with Crippen molar-refractivity contribution in [1.82, 2.24) is 9.71 Å². The molecule has 0 spiro atoms. The molecule has 0 bridgehead atoms. The summed E-state index contributed by atoms with van der Waals surface area (Å²) >= 11 is 0. The van der Waals surface area contributed by atoms with Crippen molar-refractivity contribution in [2.75, 3.05) is 11.9 Å². The second-order valence-electron chi connectivity index (χ2n) is 8.55. The first-order valence-electron chi connectivity index (χ1n) is 10.9. The smallest absolute Gasteiger partial charge is 0.264 e. The van der Waals surface area contributed by atoms with Gasteiger partial charge in [0.2, 0.25) is 11.8 Å². The van der Waals surface area contributed by atoms with Gasteiger partial charge in [0.05, 0.1) is 16.4 Å². The first-order chi connectivity index (χ1) is 14.8. The van der Waals surface area contributed by atoms with E-state index < -0.39 is 21.3 Å². The van der Waals surface area contributed by atoms with E-state index in [2.05, 4.69) is 15.0 Å². The fourth-order valence-corrected chi connectivity index (χ4v) is 5.44. The molecule has 8 heteroatoms. The highest BCUT2D eigenvalue weighted by Crippen LogP contribution is 2.51. The molecule has 0 radical (unpaired) electrons. The second kappa shape index (κ2) is 8.15. The highest BCUT2D eigenvalue weighted by Gasteiger charge is 2.54. The lowest BCUT2D eigenvalue weighted by molar-refractivity contribution is -0.121. The number of ether oxygens (including phenoxy) is 1. The Bertz CT molecular complexity index is 1110. The summed E-state index contributed by atoms with van der Waals surface area (Å²) in [6.45, 7) is 6.62. The fraction of sp³-hybridized carbons (Fsp3) is 0.478. The Morgan fingerprint density at radius 2 is 2.10 bits per heavy atom. The van der Waals surface area contributed by atoms with Crippen LogP contribution in [0.15, 0.2) is 35.4 Å². The third-order valence-corrected chi connectivity index (χ3v) is 7.35. The molecule has 1 amide bonds. The molecule has 0 saturated heterocycles. The van der Waals surface area contributed by atoms with Crippen LogP contribution in [0.5, 0.6) is 5.88 Å². The van der Waals surface area contributed by atoms with Crippen molar-refractivity contribution in [2.24, 2.45) is 0 Å². The number of aryl methyl sites for hydroxylation is 1. The molecule has 2 aliphatic rings. The molecule has 1 saturated carbocycles. The van der Waals surface area contributed by atoms with Crippen molar-refractivity contribution in [3.63, 3.8) is 0 Å². The predicted molar refractivity (Wildman–Crippen MR) is 119 cm³/mol. The summed E-state index contributed by atoms with van der Waals surface area (Å²) in [5.74, 6) is -0.115. The maximum Gasteiger partial charge on any atom is 0.264 e. The van der Waals surface area contributed by atoms with Crippen LogP contribution in [-0.2, 0) is 33.1 Å². The van der Waals surface area contributed by atoms with E-state index in [1.807, 2.05) is 32.9 Å². The number of aromatic nitrogens is 1. The summed E-state index contributed by atoms with van der Waals surface area (Å²) in [5.41, 5.74) is 2.27. The number of carbonyl (C=O) groups is 1.